The van der Waals surface area contributed by atoms with Crippen molar-refractivity contribution >= 4 is 70.1 Å². The van der Waals surface area contributed by atoms with Gasteiger partial charge in [-0.1, -0.05) is 112 Å². The minimum Gasteiger partial charge on any atom is -0.309 e. The Morgan fingerprint density at radius 2 is 1.16 bits per heavy atom. The summed E-state index contributed by atoms with van der Waals surface area (Å²) in [5, 5.41) is 10.5. The number of hydrogen-bond acceptors (Lipinski definition) is 0. The van der Waals surface area contributed by atoms with E-state index in [1.54, 1.807) is 0 Å². The van der Waals surface area contributed by atoms with E-state index in [1.807, 2.05) is 0 Å². The molecule has 0 spiro atoms. The molecule has 1 nitrogen and oxygen atoms in total. The number of para-hydroxylation sites is 1. The highest BCUT2D eigenvalue weighted by atomic mass is 79.9. The van der Waals surface area contributed by atoms with Gasteiger partial charge in [-0.3, -0.25) is 0 Å². The normalized spacial score (nSPS) is 13.1. The van der Waals surface area contributed by atoms with Crippen molar-refractivity contribution < 1.29 is 0 Å². The molecule has 0 unspecified atom stereocenters. The molecule has 0 amide bonds. The van der Waals surface area contributed by atoms with Crippen LogP contribution in [-0.4, -0.2) is 4.57 Å². The maximum atomic E-state index is 3.82. The predicted octanol–water partition coefficient (Wildman–Crippen LogP) is 11.0. The Morgan fingerprint density at radius 3 is 1.87 bits per heavy atom. The number of aromatic nitrogens is 1. The minimum absolute atomic E-state index is 0.0486. The third-order valence-electron chi connectivity index (χ3n) is 8.27. The van der Waals surface area contributed by atoms with Gasteiger partial charge in [-0.2, -0.15) is 0 Å². The molecule has 0 aliphatic heterocycles. The van der Waals surface area contributed by atoms with E-state index in [1.165, 1.54) is 70.9 Å². The lowest BCUT2D eigenvalue weighted by Crippen LogP contribution is -2.17. The molecule has 0 bridgehead atoms. The lowest BCUT2D eigenvalue weighted by molar-refractivity contribution is 0.568. The van der Waals surface area contributed by atoms with E-state index in [0.29, 0.717) is 0 Å². The molecular formula is C36H32BrN. The standard InChI is InChI=1S/C36H32BrN/c1-35(2,3)23-18-24(36(4,5)6)20-25(19-23)38-31-10-8-7-9-26(31)29-17-22-12-11-21-13-16-30(37)27-14-15-28(34(29)38)33(22)32(21)27/h7-20H,1-6H3. The fraction of sp³-hybridized carbons (Fsp3) is 0.222. The Hall–Kier alpha value is -3.36. The lowest BCUT2D eigenvalue weighted by atomic mass is 9.80. The van der Waals surface area contributed by atoms with Crippen molar-refractivity contribution in [3.63, 3.8) is 0 Å². The molecular weight excluding hydrogens is 526 g/mol. The van der Waals surface area contributed by atoms with Gasteiger partial charge < -0.3 is 4.57 Å². The second kappa shape index (κ2) is 7.83. The van der Waals surface area contributed by atoms with Crippen LogP contribution in [0.25, 0.3) is 59.8 Å². The van der Waals surface area contributed by atoms with Crippen molar-refractivity contribution in [2.24, 2.45) is 0 Å². The summed E-state index contributed by atoms with van der Waals surface area (Å²) in [4.78, 5) is 0. The molecule has 0 radical (unpaired) electrons. The number of rotatable bonds is 1. The molecule has 38 heavy (non-hydrogen) atoms. The van der Waals surface area contributed by atoms with Crippen LogP contribution in [0.5, 0.6) is 0 Å². The van der Waals surface area contributed by atoms with Crippen LogP contribution in [0.3, 0.4) is 0 Å². The van der Waals surface area contributed by atoms with E-state index in [-0.39, 0.29) is 10.8 Å². The summed E-state index contributed by atoms with van der Waals surface area (Å²) in [6.45, 7) is 13.9. The zero-order chi connectivity index (χ0) is 26.6. The van der Waals surface area contributed by atoms with Gasteiger partial charge in [0.15, 0.2) is 0 Å². The van der Waals surface area contributed by atoms with Gasteiger partial charge in [-0.05, 0) is 79.2 Å². The first kappa shape index (κ1) is 23.7. The Morgan fingerprint density at radius 1 is 0.553 bits per heavy atom. The molecule has 1 aromatic heterocycles. The van der Waals surface area contributed by atoms with Crippen molar-refractivity contribution in [3.8, 4) is 5.69 Å². The summed E-state index contributed by atoms with van der Waals surface area (Å²) in [5.74, 6) is 0. The number of nitrogens with zero attached hydrogens (tertiary/aromatic N) is 1. The zero-order valence-electron chi connectivity index (χ0n) is 22.9. The first-order chi connectivity index (χ1) is 18.0. The van der Waals surface area contributed by atoms with Crippen LogP contribution in [0.4, 0.5) is 0 Å². The highest BCUT2D eigenvalue weighted by Gasteiger charge is 2.24. The molecule has 0 fully saturated rings. The fourth-order valence-corrected chi connectivity index (χ4v) is 6.63. The van der Waals surface area contributed by atoms with Gasteiger partial charge in [-0.25, -0.2) is 0 Å². The molecule has 0 N–H and O–H groups in total. The van der Waals surface area contributed by atoms with E-state index in [0.717, 1.165) is 4.47 Å². The first-order valence-corrected chi connectivity index (χ1v) is 14.3. The number of fused-ring (bicyclic) bond motifs is 4. The molecule has 2 heteroatoms. The Kier molecular flexibility index (Phi) is 4.89. The van der Waals surface area contributed by atoms with Crippen LogP contribution in [0, 0.1) is 0 Å². The maximum Gasteiger partial charge on any atom is 0.0620 e. The largest absolute Gasteiger partial charge is 0.309 e. The summed E-state index contributed by atoms with van der Waals surface area (Å²) in [6.07, 6.45) is 0. The highest BCUT2D eigenvalue weighted by Crippen LogP contribution is 2.44. The molecule has 0 saturated carbocycles. The summed E-state index contributed by atoms with van der Waals surface area (Å²) in [7, 11) is 0. The van der Waals surface area contributed by atoms with E-state index < -0.39 is 0 Å². The average molecular weight is 559 g/mol. The molecule has 7 rings (SSSR count). The number of hydrogen-bond donors (Lipinski definition) is 0. The van der Waals surface area contributed by atoms with Crippen molar-refractivity contribution in [2.75, 3.05) is 0 Å². The second-order valence-corrected chi connectivity index (χ2v) is 13.7. The Balaban J connectivity index is 1.72. The first-order valence-electron chi connectivity index (χ1n) is 13.5. The zero-order valence-corrected chi connectivity index (χ0v) is 24.5. The fourth-order valence-electron chi connectivity index (χ4n) is 6.16. The van der Waals surface area contributed by atoms with Crippen LogP contribution >= 0.6 is 15.9 Å². The van der Waals surface area contributed by atoms with Crippen LogP contribution in [0.2, 0.25) is 0 Å². The molecule has 1 heterocycles. The Bertz CT molecular complexity index is 2010. The molecule has 0 saturated heterocycles. The maximum absolute atomic E-state index is 3.82. The van der Waals surface area contributed by atoms with Crippen LogP contribution < -0.4 is 0 Å². The molecule has 6 aromatic carbocycles. The van der Waals surface area contributed by atoms with Gasteiger partial charge in [0.05, 0.1) is 11.0 Å². The van der Waals surface area contributed by atoms with Gasteiger partial charge in [0.1, 0.15) is 0 Å². The van der Waals surface area contributed by atoms with Gasteiger partial charge in [0, 0.05) is 26.3 Å². The van der Waals surface area contributed by atoms with Crippen LogP contribution in [0.1, 0.15) is 52.7 Å². The minimum atomic E-state index is 0.0486. The average Bonchev–Trinajstić information content (AvgIpc) is 3.21. The van der Waals surface area contributed by atoms with Crippen molar-refractivity contribution in [1.82, 2.24) is 4.57 Å². The van der Waals surface area contributed by atoms with E-state index in [9.17, 15) is 0 Å². The topological polar surface area (TPSA) is 4.93 Å². The van der Waals surface area contributed by atoms with Crippen LogP contribution in [0.15, 0.2) is 89.4 Å². The predicted molar refractivity (Wildman–Crippen MR) is 170 cm³/mol. The molecule has 188 valence electrons. The number of benzene rings is 6. The SMILES string of the molecule is CC(C)(C)c1cc(-n2c3ccccc3c3cc4ccc5ccc(Br)c6ccc(c4c56)c32)cc(C(C)(C)C)c1. The quantitative estimate of drug-likeness (QED) is 0.177. The van der Waals surface area contributed by atoms with Crippen molar-refractivity contribution in [2.45, 2.75) is 52.4 Å². The van der Waals surface area contributed by atoms with Crippen molar-refractivity contribution in [1.29, 1.82) is 0 Å². The van der Waals surface area contributed by atoms with E-state index >= 15 is 0 Å². The van der Waals surface area contributed by atoms with Crippen molar-refractivity contribution in [3.05, 3.63) is 101 Å². The molecule has 0 aliphatic rings. The summed E-state index contributed by atoms with van der Waals surface area (Å²) >= 11 is 3.82. The van der Waals surface area contributed by atoms with E-state index in [4.69, 9.17) is 0 Å². The van der Waals surface area contributed by atoms with Gasteiger partial charge in [-0.15, -0.1) is 0 Å². The van der Waals surface area contributed by atoms with Gasteiger partial charge in [0.25, 0.3) is 0 Å². The third-order valence-corrected chi connectivity index (χ3v) is 8.96. The summed E-state index contributed by atoms with van der Waals surface area (Å²) in [5.41, 5.74) is 6.62. The smallest absolute Gasteiger partial charge is 0.0620 e. The van der Waals surface area contributed by atoms with Gasteiger partial charge in [0.2, 0.25) is 0 Å². The third kappa shape index (κ3) is 3.36. The molecule has 0 aliphatic carbocycles. The molecule has 7 aromatic rings. The summed E-state index contributed by atoms with van der Waals surface area (Å²) in [6, 6.07) is 32.1. The molecule has 0 atom stereocenters. The lowest BCUT2D eigenvalue weighted by Gasteiger charge is -2.27. The monoisotopic (exact) mass is 557 g/mol. The van der Waals surface area contributed by atoms with Crippen LogP contribution in [-0.2, 0) is 10.8 Å². The number of halogens is 1. The van der Waals surface area contributed by atoms with Gasteiger partial charge >= 0.3 is 0 Å². The highest BCUT2D eigenvalue weighted by molar-refractivity contribution is 9.10. The second-order valence-electron chi connectivity index (χ2n) is 12.9. The summed E-state index contributed by atoms with van der Waals surface area (Å²) < 4.78 is 3.67. The Labute approximate surface area is 232 Å². The van der Waals surface area contributed by atoms with E-state index in [2.05, 4.69) is 147 Å².